The van der Waals surface area contributed by atoms with E-state index in [4.69, 9.17) is 11.1 Å². The monoisotopic (exact) mass is 499 g/mol. The Labute approximate surface area is 203 Å². The Hall–Kier alpha value is -3.57. The second-order valence-electron chi connectivity index (χ2n) is 8.40. The standard InChI is InChI=1S/C24H27N4O6S/c25-23(26)17-7-5-15(6-8-17)11-19(14-29)27-24(32)21(13-22(30)31)28-35(33,34)20-10-9-16-3-1-2-4-18(16)12-20/h5-10,12,19,21,28H,1-4,11,13H2,(H3,25,26)(H,27,32)(H,30,31)/t19-,21-/m0/s1. The first-order chi connectivity index (χ1) is 16.6. The quantitative estimate of drug-likeness (QED) is 0.224. The molecule has 0 saturated carbocycles. The highest BCUT2D eigenvalue weighted by atomic mass is 32.2. The van der Waals surface area contributed by atoms with Gasteiger partial charge in [-0.15, -0.1) is 0 Å². The Morgan fingerprint density at radius 2 is 1.74 bits per heavy atom. The minimum absolute atomic E-state index is 0.0325. The molecule has 0 bridgehead atoms. The van der Waals surface area contributed by atoms with E-state index in [9.17, 15) is 27.9 Å². The van der Waals surface area contributed by atoms with E-state index in [0.29, 0.717) is 11.1 Å². The number of aryl methyl sites for hydroxylation is 2. The molecule has 0 heterocycles. The van der Waals surface area contributed by atoms with Gasteiger partial charge in [-0.05, 0) is 54.5 Å². The van der Waals surface area contributed by atoms with Crippen molar-refractivity contribution >= 4 is 34.0 Å². The van der Waals surface area contributed by atoms with Crippen molar-refractivity contribution in [1.82, 2.24) is 10.0 Å². The van der Waals surface area contributed by atoms with Crippen LogP contribution in [-0.2, 0) is 43.7 Å². The van der Waals surface area contributed by atoms with Gasteiger partial charge >= 0.3 is 5.97 Å². The van der Waals surface area contributed by atoms with Gasteiger partial charge in [0.15, 0.2) is 0 Å². The molecule has 0 aliphatic heterocycles. The van der Waals surface area contributed by atoms with Crippen LogP contribution in [0, 0.1) is 5.41 Å². The number of carbonyl (C=O) groups is 2. The number of hydrogen-bond acceptors (Lipinski definition) is 6. The summed E-state index contributed by atoms with van der Waals surface area (Å²) in [5.74, 6) is -2.46. The molecule has 0 aromatic heterocycles. The fourth-order valence-corrected chi connectivity index (χ4v) is 5.19. The average molecular weight is 500 g/mol. The summed E-state index contributed by atoms with van der Waals surface area (Å²) in [6.45, 7) is 0. The van der Waals surface area contributed by atoms with Crippen molar-refractivity contribution in [3.63, 3.8) is 0 Å². The van der Waals surface area contributed by atoms with Gasteiger partial charge in [-0.2, -0.15) is 4.72 Å². The lowest BCUT2D eigenvalue weighted by Crippen LogP contribution is -2.51. The fraction of sp³-hybridized carbons (Fsp3) is 0.333. The van der Waals surface area contributed by atoms with E-state index in [1.807, 2.05) is 0 Å². The summed E-state index contributed by atoms with van der Waals surface area (Å²) in [7, 11) is -4.20. The first-order valence-electron chi connectivity index (χ1n) is 11.1. The molecule has 1 aliphatic rings. The minimum Gasteiger partial charge on any atom is -0.481 e. The van der Waals surface area contributed by atoms with Crippen LogP contribution in [0.3, 0.4) is 0 Å². The summed E-state index contributed by atoms with van der Waals surface area (Å²) in [5.41, 5.74) is 8.54. The highest BCUT2D eigenvalue weighted by Crippen LogP contribution is 2.24. The molecule has 2 aromatic carbocycles. The van der Waals surface area contributed by atoms with Crippen LogP contribution in [0.5, 0.6) is 0 Å². The second kappa shape index (κ2) is 11.2. The summed E-state index contributed by atoms with van der Waals surface area (Å²) in [6.07, 6.45) is 4.51. The van der Waals surface area contributed by atoms with Crippen molar-refractivity contribution in [3.8, 4) is 0 Å². The van der Waals surface area contributed by atoms with Crippen molar-refractivity contribution in [1.29, 1.82) is 5.41 Å². The Morgan fingerprint density at radius 1 is 1.09 bits per heavy atom. The van der Waals surface area contributed by atoms with Crippen LogP contribution in [0.4, 0.5) is 0 Å². The van der Waals surface area contributed by atoms with E-state index >= 15 is 0 Å². The van der Waals surface area contributed by atoms with E-state index in [0.717, 1.165) is 36.8 Å². The number of nitrogen functional groups attached to an aromatic ring is 1. The van der Waals surface area contributed by atoms with Gasteiger partial charge in [0.05, 0.1) is 17.4 Å². The lowest BCUT2D eigenvalue weighted by atomic mass is 9.92. The molecule has 185 valence electrons. The van der Waals surface area contributed by atoms with Gasteiger partial charge in [-0.25, -0.2) is 8.42 Å². The number of sulfonamides is 1. The zero-order valence-electron chi connectivity index (χ0n) is 18.9. The van der Waals surface area contributed by atoms with Gasteiger partial charge in [0.25, 0.3) is 0 Å². The van der Waals surface area contributed by atoms with E-state index in [1.54, 1.807) is 42.7 Å². The average Bonchev–Trinajstić information content (AvgIpc) is 2.82. The number of aliphatic carboxylic acids is 1. The zero-order chi connectivity index (χ0) is 25.6. The Morgan fingerprint density at radius 3 is 2.34 bits per heavy atom. The number of rotatable bonds is 11. The molecule has 35 heavy (non-hydrogen) atoms. The van der Waals surface area contributed by atoms with Crippen LogP contribution >= 0.6 is 0 Å². The maximum absolute atomic E-state index is 13.0. The van der Waals surface area contributed by atoms with Crippen molar-refractivity contribution in [2.45, 2.75) is 55.5 Å². The number of fused-ring (bicyclic) bond motifs is 1. The lowest BCUT2D eigenvalue weighted by molar-refractivity contribution is -0.139. The number of benzene rings is 2. The van der Waals surface area contributed by atoms with Gasteiger partial charge in [0, 0.05) is 12.0 Å². The van der Waals surface area contributed by atoms with Gasteiger partial charge in [-0.3, -0.25) is 19.8 Å². The van der Waals surface area contributed by atoms with Crippen molar-refractivity contribution in [2.24, 2.45) is 5.73 Å². The number of amides is 1. The molecule has 11 heteroatoms. The van der Waals surface area contributed by atoms with Gasteiger partial charge < -0.3 is 16.2 Å². The molecule has 2 aromatic rings. The molecule has 1 radical (unpaired) electrons. The Balaban J connectivity index is 1.73. The fourth-order valence-electron chi connectivity index (χ4n) is 3.95. The topological polar surface area (TPSA) is 180 Å². The predicted molar refractivity (Wildman–Crippen MR) is 128 cm³/mol. The molecular weight excluding hydrogens is 472 g/mol. The Kier molecular flexibility index (Phi) is 8.36. The smallest absolute Gasteiger partial charge is 0.305 e. The summed E-state index contributed by atoms with van der Waals surface area (Å²) in [6, 6.07) is 8.38. The maximum Gasteiger partial charge on any atom is 0.305 e. The number of nitrogens with two attached hydrogens (primary N) is 1. The number of hydrogen-bond donors (Lipinski definition) is 5. The number of carboxylic acid groups (broad SMARTS) is 1. The molecular formula is C24H27N4O6S. The second-order valence-corrected chi connectivity index (χ2v) is 10.1. The third kappa shape index (κ3) is 6.96. The summed E-state index contributed by atoms with van der Waals surface area (Å²) >= 11 is 0. The molecule has 0 unspecified atom stereocenters. The van der Waals surface area contributed by atoms with Crippen molar-refractivity contribution in [3.05, 3.63) is 64.7 Å². The lowest BCUT2D eigenvalue weighted by Gasteiger charge is -2.21. The number of nitrogens with one attached hydrogen (secondary N) is 3. The third-order valence-electron chi connectivity index (χ3n) is 5.79. The third-order valence-corrected chi connectivity index (χ3v) is 7.26. The van der Waals surface area contributed by atoms with E-state index in [2.05, 4.69) is 10.0 Å². The molecule has 10 nitrogen and oxygen atoms in total. The predicted octanol–water partition coefficient (Wildman–Crippen LogP) is 0.808. The normalized spacial score (nSPS) is 14.9. The van der Waals surface area contributed by atoms with Crippen LogP contribution in [-0.4, -0.2) is 49.6 Å². The highest BCUT2D eigenvalue weighted by Gasteiger charge is 2.30. The number of carbonyl (C=O) groups excluding carboxylic acids is 2. The highest BCUT2D eigenvalue weighted by molar-refractivity contribution is 7.89. The molecule has 1 aliphatic carbocycles. The molecule has 3 rings (SSSR count). The zero-order valence-corrected chi connectivity index (χ0v) is 19.7. The molecule has 6 N–H and O–H groups in total. The molecule has 0 spiro atoms. The van der Waals surface area contributed by atoms with E-state index in [-0.39, 0.29) is 17.2 Å². The van der Waals surface area contributed by atoms with Crippen molar-refractivity contribution < 1.29 is 27.9 Å². The Bertz CT molecular complexity index is 1230. The van der Waals surface area contributed by atoms with Crippen LogP contribution in [0.25, 0.3) is 0 Å². The number of amidine groups is 1. The molecule has 0 saturated heterocycles. The van der Waals surface area contributed by atoms with Crippen LogP contribution in [0.2, 0.25) is 0 Å². The maximum atomic E-state index is 13.0. The molecule has 1 amide bonds. The molecule has 0 fully saturated rings. The van der Waals surface area contributed by atoms with Crippen LogP contribution in [0.1, 0.15) is 41.5 Å². The minimum atomic E-state index is -4.20. The first-order valence-corrected chi connectivity index (χ1v) is 12.5. The largest absolute Gasteiger partial charge is 0.481 e. The van der Waals surface area contributed by atoms with E-state index < -0.39 is 40.4 Å². The molecule has 2 atom stereocenters. The number of carboxylic acids is 1. The van der Waals surface area contributed by atoms with E-state index in [1.165, 1.54) is 6.07 Å². The summed E-state index contributed by atoms with van der Waals surface area (Å²) in [4.78, 5) is 35.5. The van der Waals surface area contributed by atoms with Gasteiger partial charge in [-0.1, -0.05) is 30.3 Å². The van der Waals surface area contributed by atoms with Crippen LogP contribution < -0.4 is 15.8 Å². The summed E-state index contributed by atoms with van der Waals surface area (Å²) < 4.78 is 28.1. The van der Waals surface area contributed by atoms with Gasteiger partial charge in [0.2, 0.25) is 22.2 Å². The SMILES string of the molecule is N=C(N)c1ccc(C[C@@H]([C]=O)NC(=O)[C@H](CC(=O)O)NS(=O)(=O)c2ccc3c(c2)CCCC3)cc1. The van der Waals surface area contributed by atoms with Crippen molar-refractivity contribution in [2.75, 3.05) is 0 Å². The van der Waals surface area contributed by atoms with Crippen LogP contribution in [0.15, 0.2) is 47.4 Å². The summed E-state index contributed by atoms with van der Waals surface area (Å²) in [5, 5.41) is 19.0. The van der Waals surface area contributed by atoms with Gasteiger partial charge in [0.1, 0.15) is 11.9 Å². The first kappa shape index (κ1) is 26.0.